The summed E-state index contributed by atoms with van der Waals surface area (Å²) < 4.78 is 32.5. The average Bonchev–Trinajstić information content (AvgIpc) is 3.17. The maximum Gasteiger partial charge on any atom is 0.240 e. The van der Waals surface area contributed by atoms with Gasteiger partial charge in [0.25, 0.3) is 0 Å². The van der Waals surface area contributed by atoms with E-state index >= 15 is 0 Å². The highest BCUT2D eigenvalue weighted by Gasteiger charge is 2.21. The van der Waals surface area contributed by atoms with Crippen LogP contribution in [0.25, 0.3) is 0 Å². The molecule has 0 atom stereocenters. The first-order valence-electron chi connectivity index (χ1n) is 8.48. The van der Waals surface area contributed by atoms with Crippen molar-refractivity contribution >= 4 is 21.4 Å². The van der Waals surface area contributed by atoms with Gasteiger partial charge in [0.05, 0.1) is 12.0 Å². The number of hydrogen-bond donors (Lipinski definition) is 1. The molecular formula is C18H24N2O3S2. The lowest BCUT2D eigenvalue weighted by Crippen LogP contribution is -2.39. The summed E-state index contributed by atoms with van der Waals surface area (Å²) in [6.45, 7) is 3.19. The highest BCUT2D eigenvalue weighted by molar-refractivity contribution is 7.89. The number of thiophene rings is 1. The number of methoxy groups -OCH3 is 1. The summed E-state index contributed by atoms with van der Waals surface area (Å²) in [5.41, 5.74) is 0. The molecule has 0 aliphatic carbocycles. The zero-order chi connectivity index (χ0) is 17.7. The Morgan fingerprint density at radius 3 is 2.72 bits per heavy atom. The van der Waals surface area contributed by atoms with Crippen LogP contribution in [0.2, 0.25) is 0 Å². The summed E-state index contributed by atoms with van der Waals surface area (Å²) in [7, 11) is -1.97. The molecule has 0 saturated carbocycles. The average molecular weight is 381 g/mol. The summed E-state index contributed by atoms with van der Waals surface area (Å²) in [4.78, 5) is 4.04. The Bertz CT molecular complexity index is 767. The number of likely N-dealkylation sites (tertiary alicyclic amines) is 1. The topological polar surface area (TPSA) is 58.6 Å². The summed E-state index contributed by atoms with van der Waals surface area (Å²) in [6, 6.07) is 10.9. The van der Waals surface area contributed by atoms with Crippen molar-refractivity contribution in [1.29, 1.82) is 0 Å². The van der Waals surface area contributed by atoms with Gasteiger partial charge in [-0.05, 0) is 55.4 Å². The zero-order valence-corrected chi connectivity index (χ0v) is 16.0. The fraction of sp³-hybridized carbons (Fsp3) is 0.444. The van der Waals surface area contributed by atoms with E-state index in [-0.39, 0.29) is 4.90 Å². The molecule has 0 unspecified atom stereocenters. The van der Waals surface area contributed by atoms with Crippen molar-refractivity contribution in [2.45, 2.75) is 23.7 Å². The van der Waals surface area contributed by atoms with Gasteiger partial charge in [0, 0.05) is 24.0 Å². The maximum absolute atomic E-state index is 12.4. The number of piperidine rings is 1. The summed E-state index contributed by atoms with van der Waals surface area (Å²) in [5.74, 6) is 1.20. The number of hydrogen-bond acceptors (Lipinski definition) is 5. The Hall–Kier alpha value is -1.41. The summed E-state index contributed by atoms with van der Waals surface area (Å²) >= 11 is 1.83. The van der Waals surface area contributed by atoms with E-state index in [1.807, 2.05) is 11.3 Å². The fourth-order valence-corrected chi connectivity index (χ4v) is 5.11. The van der Waals surface area contributed by atoms with Gasteiger partial charge in [0.1, 0.15) is 5.75 Å². The molecule has 1 saturated heterocycles. The lowest BCUT2D eigenvalue weighted by molar-refractivity contribution is 0.217. The van der Waals surface area contributed by atoms with E-state index in [0.717, 1.165) is 32.5 Å². The van der Waals surface area contributed by atoms with Gasteiger partial charge >= 0.3 is 0 Å². The number of rotatable bonds is 7. The van der Waals surface area contributed by atoms with Crippen molar-refractivity contribution in [3.63, 3.8) is 0 Å². The third kappa shape index (κ3) is 4.82. The number of nitrogens with zero attached hydrogens (tertiary/aromatic N) is 1. The Morgan fingerprint density at radius 2 is 2.04 bits per heavy atom. The van der Waals surface area contributed by atoms with E-state index in [0.29, 0.717) is 18.2 Å². The van der Waals surface area contributed by atoms with Gasteiger partial charge in [-0.1, -0.05) is 12.1 Å². The Labute approximate surface area is 153 Å². The molecule has 0 amide bonds. The fourth-order valence-electron chi connectivity index (χ4n) is 3.15. The predicted octanol–water partition coefficient (Wildman–Crippen LogP) is 2.91. The first-order valence-corrected chi connectivity index (χ1v) is 10.8. The van der Waals surface area contributed by atoms with E-state index < -0.39 is 10.0 Å². The molecule has 1 aromatic carbocycles. The SMILES string of the molecule is COc1cccc(S(=O)(=O)NCCN2CCC(c3cccs3)CC2)c1. The lowest BCUT2D eigenvalue weighted by atomic mass is 9.95. The second kappa shape index (κ2) is 8.31. The van der Waals surface area contributed by atoms with E-state index in [4.69, 9.17) is 4.74 Å². The molecule has 7 heteroatoms. The molecule has 0 radical (unpaired) electrons. The zero-order valence-electron chi connectivity index (χ0n) is 14.3. The van der Waals surface area contributed by atoms with Crippen molar-refractivity contribution in [3.8, 4) is 5.75 Å². The van der Waals surface area contributed by atoms with Gasteiger partial charge in [-0.15, -0.1) is 11.3 Å². The second-order valence-electron chi connectivity index (χ2n) is 6.21. The van der Waals surface area contributed by atoms with Gasteiger partial charge in [-0.2, -0.15) is 0 Å². The van der Waals surface area contributed by atoms with Gasteiger partial charge < -0.3 is 9.64 Å². The molecule has 2 aromatic rings. The smallest absolute Gasteiger partial charge is 0.240 e. The number of ether oxygens (including phenoxy) is 1. The molecule has 25 heavy (non-hydrogen) atoms. The Morgan fingerprint density at radius 1 is 1.24 bits per heavy atom. The molecule has 136 valence electrons. The molecule has 1 N–H and O–H groups in total. The highest BCUT2D eigenvalue weighted by Crippen LogP contribution is 2.30. The van der Waals surface area contributed by atoms with E-state index in [9.17, 15) is 8.42 Å². The van der Waals surface area contributed by atoms with E-state index in [1.54, 1.807) is 18.2 Å². The van der Waals surface area contributed by atoms with Crippen LogP contribution in [0.4, 0.5) is 0 Å². The molecule has 0 bridgehead atoms. The molecule has 1 aliphatic rings. The molecule has 3 rings (SSSR count). The van der Waals surface area contributed by atoms with Crippen LogP contribution in [0.15, 0.2) is 46.7 Å². The summed E-state index contributed by atoms with van der Waals surface area (Å²) in [5, 5.41) is 2.13. The quantitative estimate of drug-likeness (QED) is 0.802. The third-order valence-electron chi connectivity index (χ3n) is 4.60. The van der Waals surface area contributed by atoms with Gasteiger partial charge in [0.2, 0.25) is 10.0 Å². The first kappa shape index (κ1) is 18.4. The molecular weight excluding hydrogens is 356 g/mol. The van der Waals surface area contributed by atoms with Crippen LogP contribution < -0.4 is 9.46 Å². The van der Waals surface area contributed by atoms with Crippen molar-refractivity contribution < 1.29 is 13.2 Å². The largest absolute Gasteiger partial charge is 0.497 e. The van der Waals surface area contributed by atoms with Gasteiger partial charge in [-0.25, -0.2) is 13.1 Å². The Balaban J connectivity index is 1.46. The third-order valence-corrected chi connectivity index (χ3v) is 7.10. The van der Waals surface area contributed by atoms with Crippen LogP contribution in [0.3, 0.4) is 0 Å². The molecule has 2 heterocycles. The lowest BCUT2D eigenvalue weighted by Gasteiger charge is -2.31. The van der Waals surface area contributed by atoms with E-state index in [1.165, 1.54) is 18.1 Å². The normalized spacial score (nSPS) is 16.8. The van der Waals surface area contributed by atoms with Crippen LogP contribution in [-0.2, 0) is 10.0 Å². The van der Waals surface area contributed by atoms with Crippen LogP contribution in [0, 0.1) is 0 Å². The minimum atomic E-state index is -3.49. The molecule has 1 aliphatic heterocycles. The van der Waals surface area contributed by atoms with Crippen LogP contribution in [0.1, 0.15) is 23.6 Å². The monoisotopic (exact) mass is 380 g/mol. The number of sulfonamides is 1. The van der Waals surface area contributed by atoms with Crippen molar-refractivity contribution in [2.24, 2.45) is 0 Å². The van der Waals surface area contributed by atoms with Gasteiger partial charge in [0.15, 0.2) is 0 Å². The molecule has 5 nitrogen and oxygen atoms in total. The van der Waals surface area contributed by atoms with Crippen molar-refractivity contribution in [3.05, 3.63) is 46.7 Å². The standard InChI is InChI=1S/C18H24N2O3S2/c1-23-16-4-2-5-17(14-16)25(21,22)19-9-12-20-10-7-15(8-11-20)18-6-3-13-24-18/h2-6,13-15,19H,7-12H2,1H3. The second-order valence-corrected chi connectivity index (χ2v) is 8.95. The van der Waals surface area contributed by atoms with E-state index in [2.05, 4.69) is 27.1 Å². The number of nitrogens with one attached hydrogen (secondary N) is 1. The number of benzene rings is 1. The summed E-state index contributed by atoms with van der Waals surface area (Å²) in [6.07, 6.45) is 2.28. The Kier molecular flexibility index (Phi) is 6.11. The predicted molar refractivity (Wildman–Crippen MR) is 101 cm³/mol. The van der Waals surface area contributed by atoms with Crippen LogP contribution in [-0.4, -0.2) is 46.6 Å². The maximum atomic E-state index is 12.4. The molecule has 1 aromatic heterocycles. The van der Waals surface area contributed by atoms with Crippen LogP contribution in [0.5, 0.6) is 5.75 Å². The minimum Gasteiger partial charge on any atom is -0.497 e. The molecule has 0 spiro atoms. The van der Waals surface area contributed by atoms with Gasteiger partial charge in [-0.3, -0.25) is 0 Å². The van der Waals surface area contributed by atoms with Crippen molar-refractivity contribution in [2.75, 3.05) is 33.3 Å². The minimum absolute atomic E-state index is 0.239. The van der Waals surface area contributed by atoms with Crippen molar-refractivity contribution in [1.82, 2.24) is 9.62 Å². The molecule has 1 fully saturated rings. The first-order chi connectivity index (χ1) is 12.1. The highest BCUT2D eigenvalue weighted by atomic mass is 32.2. The van der Waals surface area contributed by atoms with Crippen LogP contribution >= 0.6 is 11.3 Å².